The summed E-state index contributed by atoms with van der Waals surface area (Å²) in [5, 5.41) is 5.40. The normalized spacial score (nSPS) is 19.7. The van der Waals surface area contributed by atoms with Crippen LogP contribution in [-0.2, 0) is 14.3 Å². The first-order valence-corrected chi connectivity index (χ1v) is 11.7. The highest BCUT2D eigenvalue weighted by molar-refractivity contribution is 6.04. The average Bonchev–Trinajstić information content (AvgIpc) is 2.83. The number of esters is 1. The number of rotatable bonds is 6. The van der Waals surface area contributed by atoms with E-state index in [9.17, 15) is 19.2 Å². The van der Waals surface area contributed by atoms with Gasteiger partial charge in [0.1, 0.15) is 5.82 Å². The molecule has 0 aliphatic carbocycles. The lowest BCUT2D eigenvalue weighted by Gasteiger charge is -2.36. The Morgan fingerprint density at radius 2 is 1.94 bits per heavy atom. The second kappa shape index (κ2) is 10.1. The molecule has 0 bridgehead atoms. The molecule has 2 aliphatic heterocycles. The number of ether oxygens (including phenoxy) is 1. The minimum Gasteiger partial charge on any atom is -0.462 e. The van der Waals surface area contributed by atoms with E-state index in [0.717, 1.165) is 32.2 Å². The fourth-order valence-corrected chi connectivity index (χ4v) is 4.56. The zero-order valence-electron chi connectivity index (χ0n) is 19.3. The van der Waals surface area contributed by atoms with Gasteiger partial charge in [0.15, 0.2) is 0 Å². The molecule has 1 aromatic heterocycles. The van der Waals surface area contributed by atoms with Crippen LogP contribution in [0.4, 0.5) is 17.5 Å². The van der Waals surface area contributed by atoms with Crippen molar-refractivity contribution in [3.05, 3.63) is 45.7 Å². The maximum atomic E-state index is 13.1. The predicted octanol–water partition coefficient (Wildman–Crippen LogP) is 2.78. The Bertz CT molecular complexity index is 1140. The van der Waals surface area contributed by atoms with Crippen LogP contribution in [0, 0.1) is 0 Å². The third kappa shape index (κ3) is 4.80. The van der Waals surface area contributed by atoms with E-state index >= 15 is 0 Å². The summed E-state index contributed by atoms with van der Waals surface area (Å²) in [6.07, 6.45) is 3.91. The van der Waals surface area contributed by atoms with Crippen molar-refractivity contribution in [3.63, 3.8) is 0 Å². The van der Waals surface area contributed by atoms with E-state index in [1.54, 1.807) is 31.2 Å². The number of fused-ring (bicyclic) bond motifs is 1. The summed E-state index contributed by atoms with van der Waals surface area (Å²) < 4.78 is 4.96. The molecule has 2 amide bonds. The van der Waals surface area contributed by atoms with Gasteiger partial charge in [-0.3, -0.25) is 19.4 Å². The monoisotopic (exact) mass is 467 g/mol. The molecule has 4 rings (SSSR count). The SMILES string of the molecule is CCOC(=O)c1ccc(NC(=O)[C@H]2CC(=O)Nc3nc(N4CCCC[C@@H]4CC)[nH]c(=O)c32)cc1. The average molecular weight is 468 g/mol. The highest BCUT2D eigenvalue weighted by Gasteiger charge is 2.35. The van der Waals surface area contributed by atoms with Gasteiger partial charge in [-0.05, 0) is 56.9 Å². The summed E-state index contributed by atoms with van der Waals surface area (Å²) in [5.74, 6) is -1.75. The Morgan fingerprint density at radius 1 is 1.18 bits per heavy atom. The highest BCUT2D eigenvalue weighted by atomic mass is 16.5. The summed E-state index contributed by atoms with van der Waals surface area (Å²) in [4.78, 5) is 59.8. The minimum atomic E-state index is -0.984. The number of carbonyl (C=O) groups is 3. The molecule has 1 fully saturated rings. The number of benzene rings is 1. The van der Waals surface area contributed by atoms with Crippen molar-refractivity contribution in [1.82, 2.24) is 9.97 Å². The number of hydrogen-bond donors (Lipinski definition) is 3. The minimum absolute atomic E-state index is 0.133. The van der Waals surface area contributed by atoms with Crippen molar-refractivity contribution in [2.24, 2.45) is 0 Å². The molecule has 0 radical (unpaired) electrons. The van der Waals surface area contributed by atoms with Gasteiger partial charge in [0.25, 0.3) is 5.56 Å². The molecule has 2 aromatic rings. The van der Waals surface area contributed by atoms with Crippen molar-refractivity contribution in [3.8, 4) is 0 Å². The van der Waals surface area contributed by atoms with Crippen LogP contribution in [0.3, 0.4) is 0 Å². The molecule has 2 atom stereocenters. The summed E-state index contributed by atoms with van der Waals surface area (Å²) in [6.45, 7) is 4.86. The second-order valence-electron chi connectivity index (χ2n) is 8.50. The zero-order chi connectivity index (χ0) is 24.2. The van der Waals surface area contributed by atoms with Gasteiger partial charge < -0.3 is 20.3 Å². The summed E-state index contributed by atoms with van der Waals surface area (Å²) in [6, 6.07) is 6.49. The number of aromatic amines is 1. The third-order valence-electron chi connectivity index (χ3n) is 6.29. The summed E-state index contributed by atoms with van der Waals surface area (Å²) >= 11 is 0. The van der Waals surface area contributed by atoms with Crippen molar-refractivity contribution in [1.29, 1.82) is 0 Å². The van der Waals surface area contributed by atoms with Gasteiger partial charge in [-0.15, -0.1) is 0 Å². The summed E-state index contributed by atoms with van der Waals surface area (Å²) in [7, 11) is 0. The molecule has 3 N–H and O–H groups in total. The number of carbonyl (C=O) groups excluding carboxylic acids is 3. The first kappa shape index (κ1) is 23.5. The van der Waals surface area contributed by atoms with Crippen LogP contribution in [0.1, 0.15) is 67.8 Å². The van der Waals surface area contributed by atoms with E-state index in [4.69, 9.17) is 4.74 Å². The Labute approximate surface area is 197 Å². The number of aromatic nitrogens is 2. The molecule has 1 aromatic carbocycles. The molecule has 0 spiro atoms. The molecule has 3 heterocycles. The lowest BCUT2D eigenvalue weighted by molar-refractivity contribution is -0.123. The van der Waals surface area contributed by atoms with Crippen LogP contribution in [0.25, 0.3) is 0 Å². The van der Waals surface area contributed by atoms with E-state index < -0.39 is 23.4 Å². The number of amides is 2. The van der Waals surface area contributed by atoms with E-state index in [2.05, 4.69) is 32.4 Å². The fourth-order valence-electron chi connectivity index (χ4n) is 4.56. The van der Waals surface area contributed by atoms with Gasteiger partial charge in [0, 0.05) is 24.7 Å². The van der Waals surface area contributed by atoms with Crippen LogP contribution in [0.5, 0.6) is 0 Å². The number of anilines is 3. The number of nitrogens with one attached hydrogen (secondary N) is 3. The standard InChI is InChI=1S/C24H29N5O5/c1-3-16-7-5-6-12-29(16)24-27-20-19(22(32)28-24)17(13-18(30)26-20)21(31)25-15-10-8-14(9-11-15)23(33)34-4-2/h8-11,16-17H,3-7,12-13H2,1-2H3,(H,25,31)(H2,26,27,28,30,32)/t16-,17-/m0/s1. The zero-order valence-corrected chi connectivity index (χ0v) is 19.3. The van der Waals surface area contributed by atoms with E-state index in [0.29, 0.717) is 17.2 Å². The lowest BCUT2D eigenvalue weighted by Crippen LogP contribution is -2.43. The fraction of sp³-hybridized carbons (Fsp3) is 0.458. The van der Waals surface area contributed by atoms with Crippen molar-refractivity contribution in [2.75, 3.05) is 28.7 Å². The molecule has 34 heavy (non-hydrogen) atoms. The van der Waals surface area contributed by atoms with Gasteiger partial charge in [-0.2, -0.15) is 4.98 Å². The molecule has 0 saturated carbocycles. The smallest absolute Gasteiger partial charge is 0.338 e. The van der Waals surface area contributed by atoms with Gasteiger partial charge in [0.2, 0.25) is 17.8 Å². The van der Waals surface area contributed by atoms with Gasteiger partial charge in [-0.25, -0.2) is 4.79 Å². The molecule has 2 aliphatic rings. The Morgan fingerprint density at radius 3 is 2.65 bits per heavy atom. The van der Waals surface area contributed by atoms with Crippen LogP contribution in [0.2, 0.25) is 0 Å². The lowest BCUT2D eigenvalue weighted by atomic mass is 9.92. The maximum absolute atomic E-state index is 13.1. The van der Waals surface area contributed by atoms with Crippen LogP contribution in [-0.4, -0.2) is 46.9 Å². The quantitative estimate of drug-likeness (QED) is 0.556. The first-order chi connectivity index (χ1) is 16.4. The van der Waals surface area contributed by atoms with Gasteiger partial charge in [0.05, 0.1) is 23.7 Å². The highest BCUT2D eigenvalue weighted by Crippen LogP contribution is 2.31. The number of H-pyrrole nitrogens is 1. The summed E-state index contributed by atoms with van der Waals surface area (Å²) in [5.41, 5.74) is 0.511. The molecule has 10 nitrogen and oxygen atoms in total. The van der Waals surface area contributed by atoms with Gasteiger partial charge >= 0.3 is 5.97 Å². The Balaban J connectivity index is 1.57. The number of piperidine rings is 1. The molecule has 1 saturated heterocycles. The Kier molecular flexibility index (Phi) is 6.95. The predicted molar refractivity (Wildman–Crippen MR) is 127 cm³/mol. The van der Waals surface area contributed by atoms with Crippen molar-refractivity contribution in [2.45, 2.75) is 57.9 Å². The largest absolute Gasteiger partial charge is 0.462 e. The van der Waals surface area contributed by atoms with Crippen molar-refractivity contribution < 1.29 is 19.1 Å². The molecule has 10 heteroatoms. The second-order valence-corrected chi connectivity index (χ2v) is 8.50. The topological polar surface area (TPSA) is 133 Å². The number of nitrogens with zero attached hydrogens (tertiary/aromatic N) is 2. The maximum Gasteiger partial charge on any atom is 0.338 e. The van der Waals surface area contributed by atoms with Gasteiger partial charge in [-0.1, -0.05) is 6.92 Å². The molecule has 0 unspecified atom stereocenters. The van der Waals surface area contributed by atoms with E-state index in [1.807, 2.05) is 0 Å². The number of hydrogen-bond acceptors (Lipinski definition) is 7. The van der Waals surface area contributed by atoms with Crippen LogP contribution in [0.15, 0.2) is 29.1 Å². The molecule has 180 valence electrons. The van der Waals surface area contributed by atoms with Crippen LogP contribution < -0.4 is 21.1 Å². The van der Waals surface area contributed by atoms with E-state index in [-0.39, 0.29) is 36.4 Å². The Hall–Kier alpha value is -3.69. The molecular weight excluding hydrogens is 438 g/mol. The third-order valence-corrected chi connectivity index (χ3v) is 6.29. The van der Waals surface area contributed by atoms with Crippen molar-refractivity contribution >= 4 is 35.2 Å². The van der Waals surface area contributed by atoms with Crippen LogP contribution >= 0.6 is 0 Å². The van der Waals surface area contributed by atoms with E-state index in [1.165, 1.54) is 0 Å². The first-order valence-electron chi connectivity index (χ1n) is 11.7. The molecular formula is C24H29N5O5.